The summed E-state index contributed by atoms with van der Waals surface area (Å²) in [6, 6.07) is 0.0633. The minimum Gasteiger partial charge on any atom is -0.379 e. The van der Waals surface area contributed by atoms with Crippen LogP contribution in [-0.2, 0) is 11.8 Å². The van der Waals surface area contributed by atoms with Gasteiger partial charge in [-0.3, -0.25) is 9.48 Å². The van der Waals surface area contributed by atoms with Crippen molar-refractivity contribution in [1.82, 2.24) is 19.6 Å². The average Bonchev–Trinajstić information content (AvgIpc) is 2.63. The Bertz CT molecular complexity index is 559. The third-order valence-corrected chi connectivity index (χ3v) is 4.83. The quantitative estimate of drug-likeness (QED) is 0.769. The van der Waals surface area contributed by atoms with Gasteiger partial charge in [0.2, 0.25) is 0 Å². The lowest BCUT2D eigenvalue weighted by atomic mass is 10.1. The molecule has 0 aliphatic carbocycles. The molecule has 116 valence electrons. The summed E-state index contributed by atoms with van der Waals surface area (Å²) in [7, 11) is 3.90. The Morgan fingerprint density at radius 1 is 1.29 bits per heavy atom. The van der Waals surface area contributed by atoms with Gasteiger partial charge in [0.05, 0.1) is 30.0 Å². The molecule has 2 aliphatic rings. The summed E-state index contributed by atoms with van der Waals surface area (Å²) >= 11 is 6.27. The third kappa shape index (κ3) is 2.67. The molecule has 2 saturated heterocycles. The predicted octanol–water partition coefficient (Wildman–Crippen LogP) is 0.785. The van der Waals surface area contributed by atoms with Crippen molar-refractivity contribution in [2.24, 2.45) is 13.0 Å². The molecule has 3 rings (SSSR count). The minimum atomic E-state index is -0.0838. The van der Waals surface area contributed by atoms with Gasteiger partial charge in [-0.05, 0) is 14.0 Å². The van der Waals surface area contributed by atoms with Crippen molar-refractivity contribution < 1.29 is 9.53 Å². The van der Waals surface area contributed by atoms with Gasteiger partial charge in [0.15, 0.2) is 5.69 Å². The second-order valence-corrected chi connectivity index (χ2v) is 6.49. The van der Waals surface area contributed by atoms with Gasteiger partial charge in [0.25, 0.3) is 5.91 Å². The van der Waals surface area contributed by atoms with E-state index in [1.165, 1.54) is 0 Å². The highest BCUT2D eigenvalue weighted by Crippen LogP contribution is 2.25. The summed E-state index contributed by atoms with van der Waals surface area (Å²) in [5.74, 6) is 0.259. The van der Waals surface area contributed by atoms with Gasteiger partial charge in [-0.15, -0.1) is 0 Å². The molecule has 0 saturated carbocycles. The molecule has 7 heteroatoms. The fourth-order valence-corrected chi connectivity index (χ4v) is 3.42. The summed E-state index contributed by atoms with van der Waals surface area (Å²) < 4.78 is 7.36. The van der Waals surface area contributed by atoms with Crippen LogP contribution in [0.3, 0.4) is 0 Å². The standard InChI is InChI=1S/C14H21ClN4O2/c1-9-12(15)13(16-18(9)3)14(20)19-5-10-4-17(2)6-11(19)8-21-7-10/h10-11H,4-8H2,1-3H3/t10-,11-/m0/s1. The molecular formula is C14H21ClN4O2. The first-order valence-corrected chi connectivity index (χ1v) is 7.61. The molecular weight excluding hydrogens is 292 g/mol. The van der Waals surface area contributed by atoms with Crippen LogP contribution in [0.2, 0.25) is 5.02 Å². The lowest BCUT2D eigenvalue weighted by Gasteiger charge is -2.29. The van der Waals surface area contributed by atoms with E-state index in [0.717, 1.165) is 18.8 Å². The van der Waals surface area contributed by atoms with Crippen LogP contribution in [-0.4, -0.2) is 71.4 Å². The number of nitrogens with zero attached hydrogens (tertiary/aromatic N) is 4. The number of carbonyl (C=O) groups is 1. The van der Waals surface area contributed by atoms with E-state index in [4.69, 9.17) is 16.3 Å². The zero-order chi connectivity index (χ0) is 15.1. The van der Waals surface area contributed by atoms with E-state index in [0.29, 0.717) is 36.4 Å². The van der Waals surface area contributed by atoms with Crippen LogP contribution in [0.4, 0.5) is 0 Å². The van der Waals surface area contributed by atoms with Crippen LogP contribution in [0.1, 0.15) is 16.2 Å². The van der Waals surface area contributed by atoms with E-state index >= 15 is 0 Å². The number of hydrogen-bond donors (Lipinski definition) is 0. The number of fused-ring (bicyclic) bond motifs is 3. The normalized spacial score (nSPS) is 26.8. The predicted molar refractivity (Wildman–Crippen MR) is 79.6 cm³/mol. The molecule has 0 unspecified atom stereocenters. The molecule has 2 atom stereocenters. The van der Waals surface area contributed by atoms with E-state index in [-0.39, 0.29) is 11.9 Å². The number of hydrogen-bond acceptors (Lipinski definition) is 4. The number of carbonyl (C=O) groups excluding carboxylic acids is 1. The maximum Gasteiger partial charge on any atom is 0.276 e. The molecule has 0 aromatic carbocycles. The molecule has 2 bridgehead atoms. The van der Waals surface area contributed by atoms with Gasteiger partial charge in [-0.2, -0.15) is 5.10 Å². The van der Waals surface area contributed by atoms with Crippen LogP contribution < -0.4 is 0 Å². The van der Waals surface area contributed by atoms with Crippen molar-refractivity contribution in [3.05, 3.63) is 16.4 Å². The highest BCUT2D eigenvalue weighted by molar-refractivity contribution is 6.34. The van der Waals surface area contributed by atoms with Crippen LogP contribution in [0.5, 0.6) is 0 Å². The fraction of sp³-hybridized carbons (Fsp3) is 0.714. The zero-order valence-electron chi connectivity index (χ0n) is 12.7. The van der Waals surface area contributed by atoms with E-state index in [9.17, 15) is 4.79 Å². The van der Waals surface area contributed by atoms with E-state index < -0.39 is 0 Å². The molecule has 21 heavy (non-hydrogen) atoms. The van der Waals surface area contributed by atoms with Crippen molar-refractivity contribution in [1.29, 1.82) is 0 Å². The number of halogens is 1. The van der Waals surface area contributed by atoms with Gasteiger partial charge in [0, 0.05) is 32.6 Å². The van der Waals surface area contributed by atoms with Crippen LogP contribution in [0.15, 0.2) is 0 Å². The first-order chi connectivity index (χ1) is 9.97. The zero-order valence-corrected chi connectivity index (χ0v) is 13.4. The summed E-state index contributed by atoms with van der Waals surface area (Å²) in [5, 5.41) is 4.74. The molecule has 0 spiro atoms. The minimum absolute atomic E-state index is 0.0633. The molecule has 1 amide bonds. The first kappa shape index (κ1) is 14.8. The molecule has 0 radical (unpaired) electrons. The SMILES string of the molecule is Cc1c(Cl)c(C(=O)N2C[C@H]3COC[C@@H]2CN(C)C3)nn1C. The Labute approximate surface area is 129 Å². The number of likely N-dealkylation sites (N-methyl/N-ethyl adjacent to an activating group) is 1. The lowest BCUT2D eigenvalue weighted by Crippen LogP contribution is -2.46. The Kier molecular flexibility index (Phi) is 3.94. The maximum atomic E-state index is 12.9. The van der Waals surface area contributed by atoms with Crippen molar-refractivity contribution >= 4 is 17.5 Å². The topological polar surface area (TPSA) is 50.6 Å². The summed E-state index contributed by atoms with van der Waals surface area (Å²) in [6.07, 6.45) is 0. The van der Waals surface area contributed by atoms with E-state index in [2.05, 4.69) is 17.0 Å². The van der Waals surface area contributed by atoms with Crippen LogP contribution in [0.25, 0.3) is 0 Å². The molecule has 0 N–H and O–H groups in total. The summed E-state index contributed by atoms with van der Waals surface area (Å²) in [5.41, 5.74) is 1.16. The number of aryl methyl sites for hydroxylation is 1. The molecule has 1 aromatic rings. The van der Waals surface area contributed by atoms with Gasteiger partial charge in [-0.25, -0.2) is 0 Å². The molecule has 2 aliphatic heterocycles. The van der Waals surface area contributed by atoms with Gasteiger partial charge >= 0.3 is 0 Å². The van der Waals surface area contributed by atoms with Crippen LogP contribution in [0, 0.1) is 12.8 Å². The number of ether oxygens (including phenoxy) is 1. The van der Waals surface area contributed by atoms with Crippen molar-refractivity contribution in [3.8, 4) is 0 Å². The maximum absolute atomic E-state index is 12.9. The first-order valence-electron chi connectivity index (χ1n) is 7.23. The fourth-order valence-electron chi connectivity index (χ4n) is 3.18. The summed E-state index contributed by atoms with van der Waals surface area (Å²) in [6.45, 7) is 5.64. The van der Waals surface area contributed by atoms with Gasteiger partial charge in [-0.1, -0.05) is 11.6 Å². The van der Waals surface area contributed by atoms with Crippen LogP contribution >= 0.6 is 11.6 Å². The highest BCUT2D eigenvalue weighted by Gasteiger charge is 2.36. The average molecular weight is 313 g/mol. The highest BCUT2D eigenvalue weighted by atomic mass is 35.5. The molecule has 2 fully saturated rings. The lowest BCUT2D eigenvalue weighted by molar-refractivity contribution is 0.0480. The monoisotopic (exact) mass is 312 g/mol. The Morgan fingerprint density at radius 2 is 2.05 bits per heavy atom. The largest absolute Gasteiger partial charge is 0.379 e. The number of rotatable bonds is 1. The van der Waals surface area contributed by atoms with Gasteiger partial charge in [0.1, 0.15) is 0 Å². The number of amides is 1. The molecule has 1 aromatic heterocycles. The van der Waals surface area contributed by atoms with Gasteiger partial charge < -0.3 is 14.5 Å². The Balaban J connectivity index is 1.91. The summed E-state index contributed by atoms with van der Waals surface area (Å²) in [4.78, 5) is 17.1. The van der Waals surface area contributed by atoms with Crippen molar-refractivity contribution in [2.45, 2.75) is 13.0 Å². The second-order valence-electron chi connectivity index (χ2n) is 6.11. The van der Waals surface area contributed by atoms with E-state index in [1.54, 1.807) is 11.7 Å². The number of aromatic nitrogens is 2. The third-order valence-electron chi connectivity index (χ3n) is 4.38. The van der Waals surface area contributed by atoms with Crippen molar-refractivity contribution in [3.63, 3.8) is 0 Å². The van der Waals surface area contributed by atoms with Crippen molar-refractivity contribution in [2.75, 3.05) is 39.9 Å². The molecule has 3 heterocycles. The Hall–Kier alpha value is -1.11. The Morgan fingerprint density at radius 3 is 2.71 bits per heavy atom. The second kappa shape index (κ2) is 5.59. The molecule has 6 nitrogen and oxygen atoms in total. The smallest absolute Gasteiger partial charge is 0.276 e. The van der Waals surface area contributed by atoms with E-state index in [1.807, 2.05) is 11.8 Å².